The van der Waals surface area contributed by atoms with Gasteiger partial charge in [0.15, 0.2) is 0 Å². The summed E-state index contributed by atoms with van der Waals surface area (Å²) in [6, 6.07) is 15.3. The molecule has 0 aliphatic heterocycles. The van der Waals surface area contributed by atoms with E-state index in [2.05, 4.69) is 17.4 Å². The summed E-state index contributed by atoms with van der Waals surface area (Å²) < 4.78 is 13.7. The molecule has 0 aromatic heterocycles. The summed E-state index contributed by atoms with van der Waals surface area (Å²) in [6.07, 6.45) is 0.702. The van der Waals surface area contributed by atoms with Crippen molar-refractivity contribution in [2.75, 3.05) is 13.2 Å². The molecule has 2 nitrogen and oxygen atoms in total. The lowest BCUT2D eigenvalue weighted by Gasteiger charge is -2.17. The third kappa shape index (κ3) is 4.66. The van der Waals surface area contributed by atoms with E-state index < -0.39 is 0 Å². The highest BCUT2D eigenvalue weighted by Gasteiger charge is 2.11. The zero-order valence-corrected chi connectivity index (χ0v) is 12.3. The Morgan fingerprint density at radius 3 is 2.62 bits per heavy atom. The second kappa shape index (κ2) is 7.91. The van der Waals surface area contributed by atoms with Gasteiger partial charge in [-0.3, -0.25) is 0 Å². The van der Waals surface area contributed by atoms with Crippen LogP contribution in [0.15, 0.2) is 48.5 Å². The van der Waals surface area contributed by atoms with Gasteiger partial charge in [-0.1, -0.05) is 48.0 Å². The van der Waals surface area contributed by atoms with E-state index in [1.54, 1.807) is 6.07 Å². The van der Waals surface area contributed by atoms with Crippen LogP contribution in [0.4, 0.5) is 4.39 Å². The lowest BCUT2D eigenvalue weighted by molar-refractivity contribution is 0.273. The van der Waals surface area contributed by atoms with Gasteiger partial charge < -0.3 is 10.4 Å². The van der Waals surface area contributed by atoms with Crippen LogP contribution in [-0.2, 0) is 6.54 Å². The molecule has 1 unspecified atom stereocenters. The number of aliphatic hydroxyl groups excluding tert-OH is 1. The van der Waals surface area contributed by atoms with Gasteiger partial charge in [0, 0.05) is 25.3 Å². The summed E-state index contributed by atoms with van der Waals surface area (Å²) in [7, 11) is 0. The van der Waals surface area contributed by atoms with E-state index in [-0.39, 0.29) is 18.3 Å². The average molecular weight is 287 g/mol. The van der Waals surface area contributed by atoms with Crippen molar-refractivity contribution in [2.45, 2.75) is 25.8 Å². The zero-order valence-electron chi connectivity index (χ0n) is 12.3. The second-order valence-electron chi connectivity index (χ2n) is 5.35. The fraction of sp³-hybridized carbons (Fsp3) is 0.333. The predicted molar refractivity (Wildman–Crippen MR) is 83.7 cm³/mol. The van der Waals surface area contributed by atoms with Gasteiger partial charge in [-0.05, 0) is 30.9 Å². The van der Waals surface area contributed by atoms with Crippen LogP contribution in [0.5, 0.6) is 0 Å². The van der Waals surface area contributed by atoms with Crippen LogP contribution in [0, 0.1) is 12.7 Å². The van der Waals surface area contributed by atoms with E-state index >= 15 is 0 Å². The monoisotopic (exact) mass is 287 g/mol. The summed E-state index contributed by atoms with van der Waals surface area (Å²) >= 11 is 0. The van der Waals surface area contributed by atoms with E-state index in [1.165, 1.54) is 11.6 Å². The van der Waals surface area contributed by atoms with Crippen molar-refractivity contribution >= 4 is 0 Å². The molecule has 2 N–H and O–H groups in total. The third-order valence-corrected chi connectivity index (χ3v) is 3.66. The third-order valence-electron chi connectivity index (χ3n) is 3.66. The predicted octanol–water partition coefficient (Wildman–Crippen LogP) is 3.39. The van der Waals surface area contributed by atoms with E-state index in [9.17, 15) is 9.50 Å². The molecule has 0 aliphatic carbocycles. The Bertz CT molecular complexity index is 556. The molecule has 0 saturated carbocycles. The zero-order chi connectivity index (χ0) is 15.1. The molecule has 2 rings (SSSR count). The molecule has 0 spiro atoms. The van der Waals surface area contributed by atoms with Crippen LogP contribution >= 0.6 is 0 Å². The van der Waals surface area contributed by atoms with Crippen LogP contribution in [0.1, 0.15) is 29.0 Å². The summed E-state index contributed by atoms with van der Waals surface area (Å²) in [5.74, 6) is 0.0654. The molecule has 2 aromatic carbocycles. The molecule has 21 heavy (non-hydrogen) atoms. The fourth-order valence-electron chi connectivity index (χ4n) is 2.49. The number of aliphatic hydroxyl groups is 1. The molecule has 0 fully saturated rings. The summed E-state index contributed by atoms with van der Waals surface area (Å²) in [5, 5.41) is 12.5. The number of hydrogen-bond acceptors (Lipinski definition) is 2. The van der Waals surface area contributed by atoms with E-state index in [4.69, 9.17) is 0 Å². The van der Waals surface area contributed by atoms with Crippen molar-refractivity contribution in [3.8, 4) is 0 Å². The topological polar surface area (TPSA) is 32.3 Å². The number of halogens is 1. The first-order chi connectivity index (χ1) is 10.2. The molecule has 0 heterocycles. The first-order valence-electron chi connectivity index (χ1n) is 7.32. The summed E-state index contributed by atoms with van der Waals surface area (Å²) in [4.78, 5) is 0. The van der Waals surface area contributed by atoms with Crippen LogP contribution in [0.2, 0.25) is 0 Å². The quantitative estimate of drug-likeness (QED) is 0.818. The van der Waals surface area contributed by atoms with Gasteiger partial charge in [0.1, 0.15) is 5.82 Å². The van der Waals surface area contributed by atoms with Gasteiger partial charge in [-0.2, -0.15) is 0 Å². The van der Waals surface area contributed by atoms with E-state index in [0.717, 1.165) is 12.1 Å². The van der Waals surface area contributed by atoms with Gasteiger partial charge >= 0.3 is 0 Å². The van der Waals surface area contributed by atoms with Gasteiger partial charge in [-0.25, -0.2) is 4.39 Å². The van der Waals surface area contributed by atoms with Crippen molar-refractivity contribution in [1.29, 1.82) is 0 Å². The van der Waals surface area contributed by atoms with Crippen molar-refractivity contribution < 1.29 is 9.50 Å². The molecule has 0 bridgehead atoms. The van der Waals surface area contributed by atoms with Crippen LogP contribution in [-0.4, -0.2) is 18.3 Å². The normalized spacial score (nSPS) is 12.3. The fourth-order valence-corrected chi connectivity index (χ4v) is 2.49. The second-order valence-corrected chi connectivity index (χ2v) is 5.35. The lowest BCUT2D eigenvalue weighted by atomic mass is 9.96. The Balaban J connectivity index is 1.95. The highest BCUT2D eigenvalue weighted by Crippen LogP contribution is 2.18. The Labute approximate surface area is 125 Å². The van der Waals surface area contributed by atoms with E-state index in [1.807, 2.05) is 31.2 Å². The molecule has 112 valence electrons. The van der Waals surface area contributed by atoms with Crippen molar-refractivity contribution in [1.82, 2.24) is 5.32 Å². The highest BCUT2D eigenvalue weighted by atomic mass is 19.1. The molecule has 0 radical (unpaired) electrons. The SMILES string of the molecule is Cc1ccc(F)c(CNCC(CCO)c2ccccc2)c1. The largest absolute Gasteiger partial charge is 0.396 e. The maximum atomic E-state index is 13.7. The standard InChI is InChI=1S/C18H22FNO/c1-14-7-8-18(19)17(11-14)13-20-12-16(9-10-21)15-5-3-2-4-6-15/h2-8,11,16,20-21H,9-10,12-13H2,1H3. The Hall–Kier alpha value is -1.71. The molecule has 3 heteroatoms. The minimum absolute atomic E-state index is 0.153. The van der Waals surface area contributed by atoms with Crippen LogP contribution in [0.3, 0.4) is 0 Å². The maximum Gasteiger partial charge on any atom is 0.127 e. The number of aryl methyl sites for hydroxylation is 1. The Kier molecular flexibility index (Phi) is 5.90. The number of rotatable bonds is 7. The molecule has 0 aliphatic rings. The van der Waals surface area contributed by atoms with Crippen molar-refractivity contribution in [2.24, 2.45) is 0 Å². The molecule has 1 atom stereocenters. The van der Waals surface area contributed by atoms with Gasteiger partial charge in [-0.15, -0.1) is 0 Å². The van der Waals surface area contributed by atoms with Crippen LogP contribution in [0.25, 0.3) is 0 Å². The average Bonchev–Trinajstić information content (AvgIpc) is 2.51. The molecular formula is C18H22FNO. The molecule has 2 aromatic rings. The first-order valence-corrected chi connectivity index (χ1v) is 7.32. The number of nitrogens with one attached hydrogen (secondary N) is 1. The van der Waals surface area contributed by atoms with Gasteiger partial charge in [0.05, 0.1) is 0 Å². The Morgan fingerprint density at radius 1 is 1.14 bits per heavy atom. The summed E-state index contributed by atoms with van der Waals surface area (Å²) in [5.41, 5.74) is 2.94. The smallest absolute Gasteiger partial charge is 0.127 e. The molecular weight excluding hydrogens is 265 g/mol. The molecule has 0 saturated heterocycles. The summed E-state index contributed by atoms with van der Waals surface area (Å²) in [6.45, 7) is 3.34. The van der Waals surface area contributed by atoms with Gasteiger partial charge in [0.25, 0.3) is 0 Å². The van der Waals surface area contributed by atoms with Crippen LogP contribution < -0.4 is 5.32 Å². The highest BCUT2D eigenvalue weighted by molar-refractivity contribution is 5.24. The Morgan fingerprint density at radius 2 is 1.90 bits per heavy atom. The van der Waals surface area contributed by atoms with Gasteiger partial charge in [0.2, 0.25) is 0 Å². The van der Waals surface area contributed by atoms with Crippen molar-refractivity contribution in [3.05, 3.63) is 71.0 Å². The first kappa shape index (κ1) is 15.7. The van der Waals surface area contributed by atoms with E-state index in [0.29, 0.717) is 18.5 Å². The maximum absolute atomic E-state index is 13.7. The lowest BCUT2D eigenvalue weighted by Crippen LogP contribution is -2.22. The minimum atomic E-state index is -0.175. The molecule has 0 amide bonds. The van der Waals surface area contributed by atoms with Crippen molar-refractivity contribution in [3.63, 3.8) is 0 Å². The number of benzene rings is 2. The number of hydrogen-bond donors (Lipinski definition) is 2. The minimum Gasteiger partial charge on any atom is -0.396 e.